The fourth-order valence-electron chi connectivity index (χ4n) is 2.88. The van der Waals surface area contributed by atoms with Gasteiger partial charge in [-0.1, -0.05) is 35.9 Å². The average molecular weight is 400 g/mol. The standard InChI is InChI=1S/C20H15ClFN3OS/c1-12-16-10-18(19(26)23-15-7-4-6-14(22)9-15)27-20(16)25(24-12)11-13-5-2-3-8-17(13)21/h2-10H,11H2,1H3,(H,23,26). The first-order valence-electron chi connectivity index (χ1n) is 8.28. The van der Waals surface area contributed by atoms with Crippen molar-refractivity contribution in [2.75, 3.05) is 5.32 Å². The van der Waals surface area contributed by atoms with Crippen LogP contribution in [0, 0.1) is 12.7 Å². The molecule has 0 fully saturated rings. The van der Waals surface area contributed by atoms with Crippen molar-refractivity contribution in [3.05, 3.63) is 81.6 Å². The predicted octanol–water partition coefficient (Wildman–Crippen LogP) is 5.50. The Kier molecular flexibility index (Phi) is 4.68. The van der Waals surface area contributed by atoms with Gasteiger partial charge in [0.05, 0.1) is 17.1 Å². The first-order valence-corrected chi connectivity index (χ1v) is 9.48. The Morgan fingerprint density at radius 3 is 2.81 bits per heavy atom. The van der Waals surface area contributed by atoms with Gasteiger partial charge < -0.3 is 5.32 Å². The van der Waals surface area contributed by atoms with Gasteiger partial charge in [-0.05, 0) is 42.8 Å². The SMILES string of the molecule is Cc1nn(Cc2ccccc2Cl)c2sc(C(=O)Nc3cccc(F)c3)cc12. The molecule has 1 amide bonds. The van der Waals surface area contributed by atoms with E-state index < -0.39 is 5.82 Å². The van der Waals surface area contributed by atoms with Crippen molar-refractivity contribution in [2.24, 2.45) is 0 Å². The third kappa shape index (κ3) is 3.59. The van der Waals surface area contributed by atoms with Crippen molar-refractivity contribution in [2.45, 2.75) is 13.5 Å². The monoisotopic (exact) mass is 399 g/mol. The molecule has 0 aliphatic heterocycles. The van der Waals surface area contributed by atoms with Crippen LogP contribution in [-0.4, -0.2) is 15.7 Å². The highest BCUT2D eigenvalue weighted by Crippen LogP contribution is 2.30. The topological polar surface area (TPSA) is 46.9 Å². The maximum Gasteiger partial charge on any atom is 0.265 e. The van der Waals surface area contributed by atoms with E-state index in [0.717, 1.165) is 21.5 Å². The van der Waals surface area contributed by atoms with Crippen LogP contribution in [0.1, 0.15) is 20.9 Å². The largest absolute Gasteiger partial charge is 0.321 e. The van der Waals surface area contributed by atoms with Crippen LogP contribution >= 0.6 is 22.9 Å². The van der Waals surface area contributed by atoms with Crippen LogP contribution in [-0.2, 0) is 6.54 Å². The fraction of sp³-hybridized carbons (Fsp3) is 0.100. The van der Waals surface area contributed by atoms with Gasteiger partial charge >= 0.3 is 0 Å². The number of amides is 1. The molecule has 27 heavy (non-hydrogen) atoms. The number of halogens is 2. The molecule has 4 nitrogen and oxygen atoms in total. The molecule has 1 N–H and O–H groups in total. The van der Waals surface area contributed by atoms with Crippen molar-refractivity contribution in [3.63, 3.8) is 0 Å². The van der Waals surface area contributed by atoms with Crippen molar-refractivity contribution >= 4 is 44.7 Å². The zero-order chi connectivity index (χ0) is 19.0. The molecule has 136 valence electrons. The predicted molar refractivity (Wildman–Crippen MR) is 107 cm³/mol. The van der Waals surface area contributed by atoms with Crippen molar-refractivity contribution in [3.8, 4) is 0 Å². The minimum absolute atomic E-state index is 0.273. The second-order valence-corrected chi connectivity index (χ2v) is 7.57. The first-order chi connectivity index (χ1) is 13.0. The van der Waals surface area contributed by atoms with Crippen LogP contribution < -0.4 is 5.32 Å². The van der Waals surface area contributed by atoms with Crippen LogP contribution in [0.4, 0.5) is 10.1 Å². The fourth-order valence-corrected chi connectivity index (χ4v) is 4.13. The summed E-state index contributed by atoms with van der Waals surface area (Å²) in [5, 5.41) is 8.90. The van der Waals surface area contributed by atoms with E-state index >= 15 is 0 Å². The molecule has 0 atom stereocenters. The summed E-state index contributed by atoms with van der Waals surface area (Å²) in [5.74, 6) is -0.666. The maximum atomic E-state index is 13.3. The van der Waals surface area contributed by atoms with Crippen LogP contribution in [0.25, 0.3) is 10.2 Å². The van der Waals surface area contributed by atoms with E-state index in [0.29, 0.717) is 22.1 Å². The molecular formula is C20H15ClFN3OS. The zero-order valence-corrected chi connectivity index (χ0v) is 15.9. The molecular weight excluding hydrogens is 385 g/mol. The smallest absolute Gasteiger partial charge is 0.265 e. The summed E-state index contributed by atoms with van der Waals surface area (Å²) in [4.78, 5) is 14.0. The molecule has 0 unspecified atom stereocenters. The van der Waals surface area contributed by atoms with E-state index in [1.54, 1.807) is 12.1 Å². The Morgan fingerprint density at radius 1 is 1.22 bits per heavy atom. The maximum absolute atomic E-state index is 13.3. The summed E-state index contributed by atoms with van der Waals surface area (Å²) < 4.78 is 15.2. The number of carbonyl (C=O) groups excluding carboxylic acids is 1. The van der Waals surface area contributed by atoms with E-state index in [9.17, 15) is 9.18 Å². The first kappa shape index (κ1) is 17.7. The number of hydrogen-bond acceptors (Lipinski definition) is 3. The van der Waals surface area contributed by atoms with Gasteiger partial charge in [0, 0.05) is 16.1 Å². The summed E-state index contributed by atoms with van der Waals surface area (Å²) in [5.41, 5.74) is 2.23. The van der Waals surface area contributed by atoms with Gasteiger partial charge in [-0.15, -0.1) is 11.3 Å². The molecule has 7 heteroatoms. The number of fused-ring (bicyclic) bond motifs is 1. The third-order valence-electron chi connectivity index (χ3n) is 4.19. The summed E-state index contributed by atoms with van der Waals surface area (Å²) in [6.07, 6.45) is 0. The Morgan fingerprint density at radius 2 is 2.04 bits per heavy atom. The highest BCUT2D eigenvalue weighted by Gasteiger charge is 2.17. The van der Waals surface area contributed by atoms with Crippen molar-refractivity contribution < 1.29 is 9.18 Å². The van der Waals surface area contributed by atoms with Gasteiger partial charge in [0.1, 0.15) is 10.6 Å². The van der Waals surface area contributed by atoms with E-state index in [-0.39, 0.29) is 5.91 Å². The van der Waals surface area contributed by atoms with Crippen LogP contribution in [0.15, 0.2) is 54.6 Å². The lowest BCUT2D eigenvalue weighted by atomic mass is 10.2. The van der Waals surface area contributed by atoms with Gasteiger partial charge in [-0.3, -0.25) is 9.48 Å². The van der Waals surface area contributed by atoms with Gasteiger partial charge in [-0.25, -0.2) is 4.39 Å². The molecule has 4 aromatic rings. The molecule has 2 aromatic heterocycles. The lowest BCUT2D eigenvalue weighted by Crippen LogP contribution is -2.10. The lowest BCUT2D eigenvalue weighted by Gasteiger charge is -2.05. The Labute approximate surface area is 164 Å². The van der Waals surface area contributed by atoms with E-state index in [1.165, 1.54) is 23.5 Å². The van der Waals surface area contributed by atoms with Gasteiger partial charge in [0.25, 0.3) is 5.91 Å². The second-order valence-electron chi connectivity index (χ2n) is 6.13. The molecule has 2 aromatic carbocycles. The number of nitrogens with zero attached hydrogens (tertiary/aromatic N) is 2. The van der Waals surface area contributed by atoms with Gasteiger partial charge in [0.2, 0.25) is 0 Å². The van der Waals surface area contributed by atoms with E-state index in [2.05, 4.69) is 10.4 Å². The number of aryl methyl sites for hydroxylation is 1. The van der Waals surface area contributed by atoms with Crippen LogP contribution in [0.5, 0.6) is 0 Å². The summed E-state index contributed by atoms with van der Waals surface area (Å²) in [7, 11) is 0. The molecule has 2 heterocycles. The number of aromatic nitrogens is 2. The Hall–Kier alpha value is -2.70. The number of nitrogens with one attached hydrogen (secondary N) is 1. The van der Waals surface area contributed by atoms with Crippen molar-refractivity contribution in [1.82, 2.24) is 9.78 Å². The van der Waals surface area contributed by atoms with Gasteiger partial charge in [-0.2, -0.15) is 5.10 Å². The number of hydrogen-bond donors (Lipinski definition) is 1. The summed E-state index contributed by atoms with van der Waals surface area (Å²) in [6, 6.07) is 15.3. The minimum Gasteiger partial charge on any atom is -0.321 e. The highest BCUT2D eigenvalue weighted by molar-refractivity contribution is 7.20. The molecule has 0 aliphatic rings. The average Bonchev–Trinajstić information content (AvgIpc) is 3.19. The third-order valence-corrected chi connectivity index (χ3v) is 5.71. The Bertz CT molecular complexity index is 1150. The molecule has 0 radical (unpaired) electrons. The number of rotatable bonds is 4. The van der Waals surface area contributed by atoms with Crippen LogP contribution in [0.2, 0.25) is 5.02 Å². The quantitative estimate of drug-likeness (QED) is 0.492. The highest BCUT2D eigenvalue weighted by atomic mass is 35.5. The van der Waals surface area contributed by atoms with Gasteiger partial charge in [0.15, 0.2) is 0 Å². The number of anilines is 1. The van der Waals surface area contributed by atoms with Crippen molar-refractivity contribution in [1.29, 1.82) is 0 Å². The zero-order valence-electron chi connectivity index (χ0n) is 14.4. The molecule has 0 saturated heterocycles. The normalized spacial score (nSPS) is 11.1. The van der Waals surface area contributed by atoms with E-state index in [1.807, 2.05) is 41.9 Å². The summed E-state index contributed by atoms with van der Waals surface area (Å²) in [6.45, 7) is 2.43. The molecule has 0 aliphatic carbocycles. The molecule has 4 rings (SSSR count). The molecule has 0 spiro atoms. The number of benzene rings is 2. The van der Waals surface area contributed by atoms with E-state index in [4.69, 9.17) is 11.6 Å². The Balaban J connectivity index is 1.64. The number of thiophene rings is 1. The molecule has 0 saturated carbocycles. The second kappa shape index (κ2) is 7.13. The number of carbonyl (C=O) groups is 1. The lowest BCUT2D eigenvalue weighted by molar-refractivity contribution is 0.103. The minimum atomic E-state index is -0.393. The molecule has 0 bridgehead atoms. The summed E-state index contributed by atoms with van der Waals surface area (Å²) >= 11 is 7.61. The van der Waals surface area contributed by atoms with Crippen LogP contribution in [0.3, 0.4) is 0 Å².